The molecule has 1 saturated heterocycles. The summed E-state index contributed by atoms with van der Waals surface area (Å²) in [4.78, 5) is 15.5. The van der Waals surface area contributed by atoms with Crippen molar-refractivity contribution in [3.63, 3.8) is 0 Å². The predicted octanol–water partition coefficient (Wildman–Crippen LogP) is 0.421. The Balaban J connectivity index is 2.19. The van der Waals surface area contributed by atoms with Gasteiger partial charge in [-0.2, -0.15) is 8.42 Å². The molecule has 0 spiro atoms. The van der Waals surface area contributed by atoms with E-state index in [9.17, 15) is 22.7 Å². The Morgan fingerprint density at radius 1 is 1.39 bits per heavy atom. The van der Waals surface area contributed by atoms with Crippen LogP contribution in [-0.4, -0.2) is 35.5 Å². The van der Waals surface area contributed by atoms with Gasteiger partial charge in [0.2, 0.25) is 0 Å². The zero-order valence-corrected chi connectivity index (χ0v) is 13.1. The lowest BCUT2D eigenvalue weighted by atomic mass is 10.1. The highest BCUT2D eigenvalue weighted by atomic mass is 32.2. The molecule has 1 amide bonds. The molecule has 0 atom stereocenters. The Labute approximate surface area is 131 Å². The van der Waals surface area contributed by atoms with E-state index in [-0.39, 0.29) is 5.56 Å². The van der Waals surface area contributed by atoms with E-state index in [2.05, 4.69) is 4.98 Å². The Bertz CT molecular complexity index is 903. The molecule has 2 heterocycles. The van der Waals surface area contributed by atoms with Crippen molar-refractivity contribution >= 4 is 21.8 Å². The van der Waals surface area contributed by atoms with Gasteiger partial charge in [-0.1, -0.05) is 0 Å². The van der Waals surface area contributed by atoms with Crippen LogP contribution in [-0.2, 0) is 22.1 Å². The Kier molecular flexibility index (Phi) is 3.29. The molecule has 0 unspecified atom stereocenters. The molecular weight excluding hydrogens is 327 g/mol. The van der Waals surface area contributed by atoms with Gasteiger partial charge in [0.15, 0.2) is 5.82 Å². The van der Waals surface area contributed by atoms with E-state index in [1.54, 1.807) is 29.5 Å². The second kappa shape index (κ2) is 4.95. The van der Waals surface area contributed by atoms with Gasteiger partial charge >= 0.3 is 10.2 Å². The van der Waals surface area contributed by atoms with Crippen molar-refractivity contribution < 1.29 is 22.7 Å². The van der Waals surface area contributed by atoms with Crippen LogP contribution >= 0.6 is 0 Å². The minimum absolute atomic E-state index is 0.0241. The van der Waals surface area contributed by atoms with E-state index in [1.807, 2.05) is 0 Å². The van der Waals surface area contributed by atoms with Gasteiger partial charge < -0.3 is 9.67 Å². The van der Waals surface area contributed by atoms with Crippen molar-refractivity contribution in [2.24, 2.45) is 7.05 Å². The van der Waals surface area contributed by atoms with Crippen molar-refractivity contribution in [2.75, 3.05) is 10.8 Å². The van der Waals surface area contributed by atoms with Gasteiger partial charge in [0.25, 0.3) is 5.91 Å². The Morgan fingerprint density at radius 2 is 2.09 bits per heavy atom. The second-order valence-electron chi connectivity index (χ2n) is 5.12. The lowest BCUT2D eigenvalue weighted by Gasteiger charge is -2.18. The summed E-state index contributed by atoms with van der Waals surface area (Å²) in [6, 6.07) is 2.46. The fraction of sp³-hybridized carbons (Fsp3) is 0.231. The third-order valence-electron chi connectivity index (χ3n) is 3.55. The molecule has 1 fully saturated rings. The molecule has 10 heteroatoms. The number of aromatic nitrogens is 2. The van der Waals surface area contributed by atoms with Gasteiger partial charge in [-0.3, -0.25) is 4.79 Å². The smallest absolute Gasteiger partial charge is 0.326 e. The molecule has 23 heavy (non-hydrogen) atoms. The third-order valence-corrected chi connectivity index (χ3v) is 4.93. The number of hydrogen-bond acceptors (Lipinski definition) is 5. The van der Waals surface area contributed by atoms with Crippen LogP contribution < -0.4 is 9.03 Å². The van der Waals surface area contributed by atoms with E-state index < -0.39 is 39.9 Å². The van der Waals surface area contributed by atoms with Gasteiger partial charge in [0.1, 0.15) is 23.8 Å². The first-order chi connectivity index (χ1) is 10.7. The van der Waals surface area contributed by atoms with Crippen LogP contribution in [0.2, 0.25) is 0 Å². The molecular formula is C13H13FN4O4S. The number of amides is 1. The van der Waals surface area contributed by atoms with Gasteiger partial charge in [-0.25, -0.2) is 18.4 Å². The lowest BCUT2D eigenvalue weighted by molar-refractivity contribution is -0.117. The Hall–Kier alpha value is -2.62. The molecule has 1 aliphatic rings. The summed E-state index contributed by atoms with van der Waals surface area (Å²) in [6.45, 7) is 1.13. The first-order valence-electron chi connectivity index (χ1n) is 6.56. The van der Waals surface area contributed by atoms with Gasteiger partial charge in [0, 0.05) is 18.8 Å². The molecule has 2 N–H and O–H groups in total. The van der Waals surface area contributed by atoms with Crippen molar-refractivity contribution in [3.05, 3.63) is 30.0 Å². The van der Waals surface area contributed by atoms with Crippen LogP contribution in [0.4, 0.5) is 10.1 Å². The number of nitrogens with zero attached hydrogens (tertiary/aromatic N) is 3. The van der Waals surface area contributed by atoms with E-state index in [0.29, 0.717) is 15.8 Å². The maximum Gasteiger partial charge on any atom is 0.326 e. The molecule has 1 aromatic heterocycles. The minimum Gasteiger partial charge on any atom is -0.506 e. The number of phenolic OH excluding ortho intramolecular Hbond substituents is 1. The number of rotatable bonds is 2. The average Bonchev–Trinajstić information content (AvgIpc) is 2.89. The van der Waals surface area contributed by atoms with Gasteiger partial charge in [-0.15, -0.1) is 0 Å². The van der Waals surface area contributed by atoms with Gasteiger partial charge in [-0.05, 0) is 19.1 Å². The van der Waals surface area contributed by atoms with E-state index >= 15 is 0 Å². The fourth-order valence-electron chi connectivity index (χ4n) is 2.32. The highest BCUT2D eigenvalue weighted by molar-refractivity contribution is 7.92. The van der Waals surface area contributed by atoms with E-state index in [1.165, 1.54) is 6.07 Å². The molecule has 3 rings (SSSR count). The van der Waals surface area contributed by atoms with Crippen molar-refractivity contribution in [1.29, 1.82) is 0 Å². The molecule has 1 aliphatic heterocycles. The van der Waals surface area contributed by atoms with E-state index in [4.69, 9.17) is 0 Å². The number of aryl methyl sites for hydroxylation is 2. The monoisotopic (exact) mass is 340 g/mol. The molecule has 1 aromatic carbocycles. The standard InChI is InChI=1S/C13H13FN4O4S/c1-7-15-9(5-17(7)2)8-3-4-10(19)13(12(8)14)18-6-11(20)16-23(18,21)22/h3-5,19H,6H2,1-2H3,(H,16,20). The van der Waals surface area contributed by atoms with Crippen LogP contribution in [0.3, 0.4) is 0 Å². The van der Waals surface area contributed by atoms with Gasteiger partial charge in [0.05, 0.1) is 5.69 Å². The number of halogens is 1. The number of benzene rings is 1. The van der Waals surface area contributed by atoms with Crippen LogP contribution in [0.5, 0.6) is 5.75 Å². The van der Waals surface area contributed by atoms with E-state index in [0.717, 1.165) is 6.07 Å². The summed E-state index contributed by atoms with van der Waals surface area (Å²) in [7, 11) is -2.49. The number of carbonyl (C=O) groups is 1. The summed E-state index contributed by atoms with van der Waals surface area (Å²) < 4.78 is 42.5. The maximum absolute atomic E-state index is 14.8. The SMILES string of the molecule is Cc1nc(-c2ccc(O)c(N3CC(=O)NS3(=O)=O)c2F)cn1C. The molecule has 8 nitrogen and oxygen atoms in total. The number of nitrogens with one attached hydrogen (secondary N) is 1. The normalized spacial score (nSPS) is 16.7. The summed E-state index contributed by atoms with van der Waals surface area (Å²) >= 11 is 0. The quantitative estimate of drug-likeness (QED) is 0.824. The summed E-state index contributed by atoms with van der Waals surface area (Å²) in [5, 5.41) is 9.89. The molecule has 2 aromatic rings. The largest absolute Gasteiger partial charge is 0.506 e. The first kappa shape index (κ1) is 15.3. The highest BCUT2D eigenvalue weighted by Gasteiger charge is 2.38. The first-order valence-corrected chi connectivity index (χ1v) is 8.00. The second-order valence-corrected chi connectivity index (χ2v) is 6.71. The van der Waals surface area contributed by atoms with Crippen LogP contribution in [0, 0.1) is 12.7 Å². The number of aromatic hydroxyl groups is 1. The average molecular weight is 340 g/mol. The lowest BCUT2D eigenvalue weighted by Crippen LogP contribution is -2.30. The molecule has 122 valence electrons. The number of carbonyl (C=O) groups excluding carboxylic acids is 1. The summed E-state index contributed by atoms with van der Waals surface area (Å²) in [6.07, 6.45) is 1.58. The number of imidazole rings is 1. The molecule has 0 aliphatic carbocycles. The van der Waals surface area contributed by atoms with Crippen molar-refractivity contribution in [1.82, 2.24) is 14.3 Å². The minimum atomic E-state index is -4.23. The third kappa shape index (κ3) is 2.40. The summed E-state index contributed by atoms with van der Waals surface area (Å²) in [5.41, 5.74) is -0.264. The van der Waals surface area contributed by atoms with Crippen LogP contribution in [0.15, 0.2) is 18.3 Å². The summed E-state index contributed by atoms with van der Waals surface area (Å²) in [5.74, 6) is -1.72. The molecule has 0 radical (unpaired) electrons. The van der Waals surface area contributed by atoms with Crippen LogP contribution in [0.1, 0.15) is 5.82 Å². The topological polar surface area (TPSA) is 105 Å². The molecule has 0 saturated carbocycles. The fourth-order valence-corrected chi connectivity index (χ4v) is 3.49. The zero-order chi connectivity index (χ0) is 16.9. The predicted molar refractivity (Wildman–Crippen MR) is 79.4 cm³/mol. The zero-order valence-electron chi connectivity index (χ0n) is 12.2. The Morgan fingerprint density at radius 3 is 2.61 bits per heavy atom. The van der Waals surface area contributed by atoms with Crippen molar-refractivity contribution in [2.45, 2.75) is 6.92 Å². The number of phenols is 1. The highest BCUT2D eigenvalue weighted by Crippen LogP contribution is 2.38. The molecule has 0 bridgehead atoms. The van der Waals surface area contributed by atoms with Crippen LogP contribution in [0.25, 0.3) is 11.3 Å². The maximum atomic E-state index is 14.8. The van der Waals surface area contributed by atoms with Crippen molar-refractivity contribution in [3.8, 4) is 17.0 Å². The number of hydrogen-bond donors (Lipinski definition) is 2. The number of anilines is 1.